The molecule has 3 unspecified atom stereocenters. The first kappa shape index (κ1) is 12.7. The van der Waals surface area contributed by atoms with Gasteiger partial charge in [-0.15, -0.1) is 0 Å². The number of rotatable bonds is 4. The first-order valence-corrected chi connectivity index (χ1v) is 8.22. The van der Waals surface area contributed by atoms with E-state index in [-0.39, 0.29) is 0 Å². The summed E-state index contributed by atoms with van der Waals surface area (Å²) >= 11 is 0. The fraction of sp³-hybridized carbons (Fsp3) is 0.667. The van der Waals surface area contributed by atoms with Gasteiger partial charge in [-0.2, -0.15) is 0 Å². The van der Waals surface area contributed by atoms with Gasteiger partial charge >= 0.3 is 0 Å². The molecule has 0 spiro atoms. The fourth-order valence-corrected chi connectivity index (χ4v) is 4.76. The van der Waals surface area contributed by atoms with E-state index in [9.17, 15) is 0 Å². The second-order valence-corrected chi connectivity index (χ2v) is 7.06. The molecule has 2 heteroatoms. The summed E-state index contributed by atoms with van der Waals surface area (Å²) in [6.07, 6.45) is 8.49. The van der Waals surface area contributed by atoms with Gasteiger partial charge in [0.2, 0.25) is 0 Å². The summed E-state index contributed by atoms with van der Waals surface area (Å²) in [5.74, 6) is 3.80. The third-order valence-electron chi connectivity index (χ3n) is 5.90. The summed E-state index contributed by atoms with van der Waals surface area (Å²) in [5.41, 5.74) is 1.40. The molecule has 3 fully saturated rings. The smallest absolute Gasteiger partial charge is 0.122 e. The molecule has 0 aromatic heterocycles. The van der Waals surface area contributed by atoms with Gasteiger partial charge in [0.25, 0.3) is 0 Å². The van der Waals surface area contributed by atoms with Crippen molar-refractivity contribution in [2.45, 2.75) is 56.5 Å². The Balaban J connectivity index is 1.33. The molecule has 1 N–H and O–H groups in total. The highest BCUT2D eigenvalue weighted by atomic mass is 16.5. The van der Waals surface area contributed by atoms with Crippen molar-refractivity contribution in [2.24, 2.45) is 11.8 Å². The molecule has 2 bridgehead atoms. The van der Waals surface area contributed by atoms with Crippen LogP contribution in [-0.4, -0.2) is 19.2 Å². The predicted molar refractivity (Wildman–Crippen MR) is 81.1 cm³/mol. The molecule has 0 amide bonds. The summed E-state index contributed by atoms with van der Waals surface area (Å²) in [6.45, 7) is 0. The Morgan fingerprint density at radius 1 is 1.05 bits per heavy atom. The summed E-state index contributed by atoms with van der Waals surface area (Å²) < 4.78 is 5.49. The third kappa shape index (κ3) is 2.14. The van der Waals surface area contributed by atoms with Crippen LogP contribution in [0.2, 0.25) is 0 Å². The first-order chi connectivity index (χ1) is 9.83. The van der Waals surface area contributed by atoms with Crippen molar-refractivity contribution in [1.82, 2.24) is 5.32 Å². The number of hydrogen-bond donors (Lipinski definition) is 1. The van der Waals surface area contributed by atoms with E-state index in [0.717, 1.165) is 29.7 Å². The fourth-order valence-electron chi connectivity index (χ4n) is 4.76. The number of methoxy groups -OCH3 is 1. The molecule has 0 aliphatic heterocycles. The van der Waals surface area contributed by atoms with E-state index in [1.807, 2.05) is 0 Å². The van der Waals surface area contributed by atoms with Gasteiger partial charge in [-0.1, -0.05) is 24.6 Å². The molecular formula is C18H25NO. The summed E-state index contributed by atoms with van der Waals surface area (Å²) in [4.78, 5) is 0. The zero-order chi connectivity index (χ0) is 13.5. The monoisotopic (exact) mass is 271 g/mol. The van der Waals surface area contributed by atoms with Crippen LogP contribution in [-0.2, 0) is 0 Å². The first-order valence-electron chi connectivity index (χ1n) is 8.22. The van der Waals surface area contributed by atoms with Crippen LogP contribution in [0.1, 0.15) is 50.0 Å². The van der Waals surface area contributed by atoms with E-state index in [1.54, 1.807) is 7.11 Å². The highest BCUT2D eigenvalue weighted by Gasteiger charge is 2.42. The van der Waals surface area contributed by atoms with Crippen molar-refractivity contribution in [1.29, 1.82) is 0 Å². The van der Waals surface area contributed by atoms with Crippen LogP contribution in [0.3, 0.4) is 0 Å². The van der Waals surface area contributed by atoms with E-state index in [1.165, 1.54) is 44.1 Å². The zero-order valence-corrected chi connectivity index (χ0v) is 12.3. The Kier molecular flexibility index (Phi) is 3.22. The van der Waals surface area contributed by atoms with E-state index in [0.29, 0.717) is 5.92 Å². The lowest BCUT2D eigenvalue weighted by Gasteiger charge is -2.40. The maximum absolute atomic E-state index is 5.49. The van der Waals surface area contributed by atoms with Gasteiger partial charge in [-0.3, -0.25) is 0 Å². The Labute approximate surface area is 121 Å². The average molecular weight is 271 g/mol. The number of nitrogens with one attached hydrogen (secondary N) is 1. The molecule has 0 radical (unpaired) electrons. The van der Waals surface area contributed by atoms with Crippen LogP contribution in [0.4, 0.5) is 0 Å². The standard InChI is InChI=1S/C18H25NO/c1-20-18-5-3-2-4-16(18)14-10-15(11-14)19-17-9-12-6-7-13(17)8-12/h2-5,12-15,17,19H,6-11H2,1H3. The second-order valence-electron chi connectivity index (χ2n) is 7.06. The van der Waals surface area contributed by atoms with Crippen molar-refractivity contribution in [3.05, 3.63) is 29.8 Å². The minimum absolute atomic E-state index is 0.697. The lowest BCUT2D eigenvalue weighted by atomic mass is 9.75. The minimum Gasteiger partial charge on any atom is -0.496 e. The van der Waals surface area contributed by atoms with Crippen LogP contribution in [0.25, 0.3) is 0 Å². The van der Waals surface area contributed by atoms with E-state index >= 15 is 0 Å². The summed E-state index contributed by atoms with van der Waals surface area (Å²) in [5, 5.41) is 3.94. The van der Waals surface area contributed by atoms with Crippen molar-refractivity contribution >= 4 is 0 Å². The maximum atomic E-state index is 5.49. The molecule has 108 valence electrons. The quantitative estimate of drug-likeness (QED) is 0.901. The second kappa shape index (κ2) is 5.07. The van der Waals surface area contributed by atoms with Gasteiger partial charge in [0.15, 0.2) is 0 Å². The Bertz CT molecular complexity index is 480. The lowest BCUT2D eigenvalue weighted by Crippen LogP contribution is -2.47. The number of fused-ring (bicyclic) bond motifs is 2. The normalized spacial score (nSPS) is 38.8. The van der Waals surface area contributed by atoms with Crippen LogP contribution in [0.15, 0.2) is 24.3 Å². The van der Waals surface area contributed by atoms with Crippen LogP contribution in [0, 0.1) is 11.8 Å². The molecule has 4 rings (SSSR count). The van der Waals surface area contributed by atoms with Gasteiger partial charge in [0.1, 0.15) is 5.75 Å². The van der Waals surface area contributed by atoms with Crippen molar-refractivity contribution < 1.29 is 4.74 Å². The molecule has 0 heterocycles. The number of para-hydroxylation sites is 1. The SMILES string of the molecule is COc1ccccc1C1CC(NC2CC3CCC2C3)C1. The number of benzene rings is 1. The largest absolute Gasteiger partial charge is 0.496 e. The van der Waals surface area contributed by atoms with Gasteiger partial charge in [0.05, 0.1) is 7.11 Å². The zero-order valence-electron chi connectivity index (χ0n) is 12.3. The highest BCUT2D eigenvalue weighted by molar-refractivity contribution is 5.37. The van der Waals surface area contributed by atoms with Crippen molar-refractivity contribution in [2.75, 3.05) is 7.11 Å². The highest BCUT2D eigenvalue weighted by Crippen LogP contribution is 2.46. The molecule has 20 heavy (non-hydrogen) atoms. The summed E-state index contributed by atoms with van der Waals surface area (Å²) in [6, 6.07) is 10.1. The Morgan fingerprint density at radius 2 is 1.90 bits per heavy atom. The molecular weight excluding hydrogens is 246 g/mol. The number of hydrogen-bond acceptors (Lipinski definition) is 2. The molecule has 1 aromatic carbocycles. The van der Waals surface area contributed by atoms with Crippen LogP contribution >= 0.6 is 0 Å². The van der Waals surface area contributed by atoms with Gasteiger partial charge in [0, 0.05) is 12.1 Å². The van der Waals surface area contributed by atoms with Crippen LogP contribution in [0.5, 0.6) is 5.75 Å². The Morgan fingerprint density at radius 3 is 2.60 bits per heavy atom. The van der Waals surface area contributed by atoms with Gasteiger partial charge in [-0.25, -0.2) is 0 Å². The maximum Gasteiger partial charge on any atom is 0.122 e. The lowest BCUT2D eigenvalue weighted by molar-refractivity contribution is 0.226. The van der Waals surface area contributed by atoms with Crippen LogP contribution < -0.4 is 10.1 Å². The molecule has 3 atom stereocenters. The molecule has 3 aliphatic rings. The van der Waals surface area contributed by atoms with Crippen molar-refractivity contribution in [3.8, 4) is 5.75 Å². The van der Waals surface area contributed by atoms with Crippen molar-refractivity contribution in [3.63, 3.8) is 0 Å². The predicted octanol–water partition coefficient (Wildman–Crippen LogP) is 3.72. The van der Waals surface area contributed by atoms with Gasteiger partial charge in [-0.05, 0) is 61.5 Å². The molecule has 0 saturated heterocycles. The Hall–Kier alpha value is -1.02. The molecule has 3 aliphatic carbocycles. The third-order valence-corrected chi connectivity index (χ3v) is 5.90. The topological polar surface area (TPSA) is 21.3 Å². The van der Waals surface area contributed by atoms with E-state index < -0.39 is 0 Å². The van der Waals surface area contributed by atoms with E-state index in [2.05, 4.69) is 29.6 Å². The molecule has 1 aromatic rings. The minimum atomic E-state index is 0.697. The molecule has 2 nitrogen and oxygen atoms in total. The number of ether oxygens (including phenoxy) is 1. The van der Waals surface area contributed by atoms with E-state index in [4.69, 9.17) is 4.74 Å². The van der Waals surface area contributed by atoms with Gasteiger partial charge < -0.3 is 10.1 Å². The molecule has 3 saturated carbocycles. The average Bonchev–Trinajstić information content (AvgIpc) is 3.05. The summed E-state index contributed by atoms with van der Waals surface area (Å²) in [7, 11) is 1.78.